The molecular formula is C11H20N4O3S2. The molecule has 1 amide bonds. The summed E-state index contributed by atoms with van der Waals surface area (Å²) >= 11 is 1.16. The van der Waals surface area contributed by atoms with Gasteiger partial charge in [0.25, 0.3) is 5.91 Å². The molecule has 20 heavy (non-hydrogen) atoms. The van der Waals surface area contributed by atoms with E-state index in [2.05, 4.69) is 10.3 Å². The second-order valence-electron chi connectivity index (χ2n) is 5.32. The second kappa shape index (κ2) is 5.57. The number of hydrogen-bond acceptors (Lipinski definition) is 7. The van der Waals surface area contributed by atoms with Gasteiger partial charge in [-0.1, -0.05) is 11.3 Å². The van der Waals surface area contributed by atoms with Crippen molar-refractivity contribution in [3.05, 3.63) is 4.88 Å². The lowest BCUT2D eigenvalue weighted by molar-refractivity contribution is 0.0955. The summed E-state index contributed by atoms with van der Waals surface area (Å²) in [6, 6.07) is 0. The summed E-state index contributed by atoms with van der Waals surface area (Å²) in [7, 11) is 0.332. The third-order valence-electron chi connectivity index (χ3n) is 2.91. The van der Waals surface area contributed by atoms with Crippen molar-refractivity contribution in [3.8, 4) is 0 Å². The number of rotatable bonds is 5. The molecule has 1 aromatic rings. The van der Waals surface area contributed by atoms with Crippen molar-refractivity contribution in [1.82, 2.24) is 10.3 Å². The third-order valence-corrected chi connectivity index (χ3v) is 6.30. The van der Waals surface area contributed by atoms with Crippen LogP contribution in [0.25, 0.3) is 0 Å². The summed E-state index contributed by atoms with van der Waals surface area (Å²) in [6.07, 6.45) is 1.14. The molecule has 1 aromatic heterocycles. The van der Waals surface area contributed by atoms with Gasteiger partial charge >= 0.3 is 0 Å². The molecule has 0 aliphatic carbocycles. The minimum Gasteiger partial charge on any atom is -0.382 e. The maximum Gasteiger partial charge on any atom is 0.265 e. The Kier molecular flexibility index (Phi) is 4.65. The van der Waals surface area contributed by atoms with Gasteiger partial charge in [-0.05, 0) is 13.8 Å². The smallest absolute Gasteiger partial charge is 0.265 e. The molecule has 1 rings (SSSR count). The first-order valence-corrected chi connectivity index (χ1v) is 8.58. The molecule has 0 bridgehead atoms. The molecule has 3 N–H and O–H groups in total. The lowest BCUT2D eigenvalue weighted by Crippen LogP contribution is -2.43. The zero-order valence-corrected chi connectivity index (χ0v) is 13.9. The third kappa shape index (κ3) is 3.60. The maximum absolute atomic E-state index is 12.0. The van der Waals surface area contributed by atoms with Gasteiger partial charge in [-0.15, -0.1) is 0 Å². The summed E-state index contributed by atoms with van der Waals surface area (Å²) in [6.45, 7) is 3.13. The Labute approximate surface area is 123 Å². The summed E-state index contributed by atoms with van der Waals surface area (Å²) in [5.41, 5.74) is 5.70. The highest BCUT2D eigenvalue weighted by Gasteiger charge is 2.31. The van der Waals surface area contributed by atoms with Crippen LogP contribution >= 0.6 is 11.3 Å². The molecule has 7 nitrogen and oxygen atoms in total. The predicted molar refractivity (Wildman–Crippen MR) is 82.1 cm³/mol. The van der Waals surface area contributed by atoms with E-state index in [4.69, 9.17) is 5.73 Å². The van der Waals surface area contributed by atoms with E-state index < -0.39 is 20.5 Å². The number of thiazole rings is 1. The van der Waals surface area contributed by atoms with Crippen LogP contribution in [0.3, 0.4) is 0 Å². The van der Waals surface area contributed by atoms with Crippen LogP contribution in [0.4, 0.5) is 10.9 Å². The standard InChI is InChI=1S/C11H20N4O3S2/c1-11(2,20(5,17)18)6-13-9(16)7-8(12)14-10(19-7)15(3)4/h6,12H2,1-5H3,(H,13,16). The Balaban J connectivity index is 2.83. The molecule has 0 aliphatic rings. The Morgan fingerprint density at radius 2 is 2.00 bits per heavy atom. The number of carbonyl (C=O) groups is 1. The summed E-state index contributed by atoms with van der Waals surface area (Å²) in [5.74, 6) is -0.266. The molecule has 1 heterocycles. The fourth-order valence-electron chi connectivity index (χ4n) is 1.18. The van der Waals surface area contributed by atoms with Crippen LogP contribution in [-0.4, -0.2) is 51.0 Å². The Hall–Kier alpha value is -1.35. The molecule has 0 aliphatic heterocycles. The lowest BCUT2D eigenvalue weighted by Gasteiger charge is -2.22. The maximum atomic E-state index is 12.0. The van der Waals surface area contributed by atoms with Crippen LogP contribution in [0.15, 0.2) is 0 Å². The number of aromatic nitrogens is 1. The van der Waals surface area contributed by atoms with Crippen molar-refractivity contribution < 1.29 is 13.2 Å². The van der Waals surface area contributed by atoms with Crippen molar-refractivity contribution in [3.63, 3.8) is 0 Å². The zero-order chi connectivity index (χ0) is 15.7. The molecule has 0 saturated heterocycles. The zero-order valence-electron chi connectivity index (χ0n) is 12.2. The van der Waals surface area contributed by atoms with Gasteiger partial charge in [-0.25, -0.2) is 13.4 Å². The molecule has 0 unspecified atom stereocenters. The Bertz CT molecular complexity index is 605. The number of sulfone groups is 1. The van der Waals surface area contributed by atoms with Gasteiger partial charge in [0.1, 0.15) is 10.7 Å². The van der Waals surface area contributed by atoms with E-state index in [1.165, 1.54) is 0 Å². The molecule has 0 atom stereocenters. The summed E-state index contributed by atoms with van der Waals surface area (Å²) in [5, 5.41) is 3.21. The normalized spacial score (nSPS) is 12.2. The number of nitrogens with two attached hydrogens (primary N) is 1. The topological polar surface area (TPSA) is 105 Å². The number of hydrogen-bond donors (Lipinski definition) is 2. The van der Waals surface area contributed by atoms with Gasteiger partial charge in [0.05, 0.1) is 4.75 Å². The molecule has 9 heteroatoms. The average Bonchev–Trinajstić information content (AvgIpc) is 2.67. The highest BCUT2D eigenvalue weighted by atomic mass is 32.2. The summed E-state index contributed by atoms with van der Waals surface area (Å²) < 4.78 is 22.1. The van der Waals surface area contributed by atoms with Crippen LogP contribution in [0.2, 0.25) is 0 Å². The van der Waals surface area contributed by atoms with Crippen LogP contribution in [0.5, 0.6) is 0 Å². The van der Waals surface area contributed by atoms with E-state index in [1.807, 2.05) is 0 Å². The second-order valence-corrected chi connectivity index (χ2v) is 8.95. The molecular weight excluding hydrogens is 300 g/mol. The quantitative estimate of drug-likeness (QED) is 0.811. The summed E-state index contributed by atoms with van der Waals surface area (Å²) in [4.78, 5) is 18.1. The molecule has 0 radical (unpaired) electrons. The fraction of sp³-hybridized carbons (Fsp3) is 0.636. The number of nitrogen functional groups attached to an aromatic ring is 1. The first-order valence-electron chi connectivity index (χ1n) is 5.87. The van der Waals surface area contributed by atoms with Gasteiger partial charge in [0.2, 0.25) is 0 Å². The minimum absolute atomic E-state index is 0.0132. The number of nitrogens with zero attached hydrogens (tertiary/aromatic N) is 2. The predicted octanol–water partition coefficient (Wildman–Crippen LogP) is 0.344. The van der Waals surface area contributed by atoms with Crippen molar-refractivity contribution in [2.45, 2.75) is 18.6 Å². The highest BCUT2D eigenvalue weighted by Crippen LogP contribution is 2.26. The highest BCUT2D eigenvalue weighted by molar-refractivity contribution is 7.92. The SMILES string of the molecule is CN(C)c1nc(N)c(C(=O)NCC(C)(C)S(C)(=O)=O)s1. The van der Waals surface area contributed by atoms with Crippen molar-refractivity contribution in [2.75, 3.05) is 37.5 Å². The van der Waals surface area contributed by atoms with Gasteiger partial charge in [0.15, 0.2) is 15.0 Å². The van der Waals surface area contributed by atoms with Gasteiger partial charge in [0, 0.05) is 26.9 Å². The molecule has 114 valence electrons. The number of anilines is 2. The van der Waals surface area contributed by atoms with E-state index in [9.17, 15) is 13.2 Å². The van der Waals surface area contributed by atoms with Crippen LogP contribution in [-0.2, 0) is 9.84 Å². The number of nitrogens with one attached hydrogen (secondary N) is 1. The first-order chi connectivity index (χ1) is 8.95. The average molecular weight is 320 g/mol. The Morgan fingerprint density at radius 1 is 1.45 bits per heavy atom. The fourth-order valence-corrected chi connectivity index (χ4v) is 2.34. The van der Waals surface area contributed by atoms with Gasteiger partial charge in [-0.2, -0.15) is 0 Å². The molecule has 0 aromatic carbocycles. The minimum atomic E-state index is -3.26. The van der Waals surface area contributed by atoms with Crippen LogP contribution in [0, 0.1) is 0 Å². The van der Waals surface area contributed by atoms with Gasteiger partial charge in [-0.3, -0.25) is 4.79 Å². The number of carbonyl (C=O) groups excluding carboxylic acids is 1. The Morgan fingerprint density at radius 3 is 2.40 bits per heavy atom. The van der Waals surface area contributed by atoms with E-state index in [-0.39, 0.29) is 17.2 Å². The van der Waals surface area contributed by atoms with Crippen LogP contribution in [0.1, 0.15) is 23.5 Å². The molecule has 0 fully saturated rings. The molecule has 0 saturated carbocycles. The first kappa shape index (κ1) is 16.7. The van der Waals surface area contributed by atoms with E-state index in [0.717, 1.165) is 17.6 Å². The lowest BCUT2D eigenvalue weighted by atomic mass is 10.2. The van der Waals surface area contributed by atoms with Crippen molar-refractivity contribution in [2.24, 2.45) is 0 Å². The van der Waals surface area contributed by atoms with E-state index in [1.54, 1.807) is 32.8 Å². The molecule has 0 spiro atoms. The van der Waals surface area contributed by atoms with E-state index in [0.29, 0.717) is 5.13 Å². The van der Waals surface area contributed by atoms with Crippen LogP contribution < -0.4 is 16.0 Å². The monoisotopic (exact) mass is 320 g/mol. The number of amides is 1. The largest absolute Gasteiger partial charge is 0.382 e. The van der Waals surface area contributed by atoms with Crippen molar-refractivity contribution >= 4 is 38.0 Å². The van der Waals surface area contributed by atoms with Gasteiger partial charge < -0.3 is 16.0 Å². The van der Waals surface area contributed by atoms with Crippen molar-refractivity contribution in [1.29, 1.82) is 0 Å². The van der Waals surface area contributed by atoms with E-state index >= 15 is 0 Å².